The SMILES string of the molecule is CCn1c(=O)c(-c2ncc(S(=O)(=O)C3CCN(C)CC3)cc2C)cc2cnc(Nc3ccc(N4CCN5CCC[C@@H]5C4)cc3)nc21. The Bertz CT molecular complexity index is 1920. The predicted octanol–water partition coefficient (Wildman–Crippen LogP) is 4.08. The second-order valence-corrected chi connectivity index (χ2v) is 15.1. The van der Waals surface area contributed by atoms with Gasteiger partial charge in [0.1, 0.15) is 5.65 Å². The molecule has 7 rings (SSSR count). The lowest BCUT2D eigenvalue weighted by molar-refractivity contribution is 0.231. The molecule has 0 spiro atoms. The number of hydrogen-bond acceptors (Lipinski definition) is 10. The van der Waals surface area contributed by atoms with Crippen LogP contribution >= 0.6 is 0 Å². The second kappa shape index (κ2) is 12.4. The Labute approximate surface area is 270 Å². The number of benzene rings is 1. The Hall–Kier alpha value is -3.87. The van der Waals surface area contributed by atoms with Crippen LogP contribution in [-0.4, -0.2) is 95.3 Å². The molecule has 242 valence electrons. The van der Waals surface area contributed by atoms with Gasteiger partial charge in [0.2, 0.25) is 5.95 Å². The number of aryl methyl sites for hydroxylation is 2. The van der Waals surface area contributed by atoms with Gasteiger partial charge in [-0.2, -0.15) is 4.98 Å². The van der Waals surface area contributed by atoms with Crippen molar-refractivity contribution in [3.63, 3.8) is 0 Å². The van der Waals surface area contributed by atoms with Crippen LogP contribution in [0, 0.1) is 6.92 Å². The summed E-state index contributed by atoms with van der Waals surface area (Å²) in [4.78, 5) is 35.0. The molecule has 0 unspecified atom stereocenters. The fraction of sp³-hybridized carbons (Fsp3) is 0.471. The summed E-state index contributed by atoms with van der Waals surface area (Å²) in [6, 6.07) is 12.4. The maximum atomic E-state index is 13.8. The van der Waals surface area contributed by atoms with Gasteiger partial charge < -0.3 is 15.1 Å². The van der Waals surface area contributed by atoms with Crippen molar-refractivity contribution in [3.05, 3.63) is 64.7 Å². The zero-order valence-electron chi connectivity index (χ0n) is 26.8. The molecule has 1 atom stereocenters. The molecule has 4 aromatic rings. The van der Waals surface area contributed by atoms with Gasteiger partial charge in [-0.1, -0.05) is 0 Å². The van der Waals surface area contributed by atoms with E-state index in [1.807, 2.05) is 26.1 Å². The average Bonchev–Trinajstić information content (AvgIpc) is 3.53. The lowest BCUT2D eigenvalue weighted by atomic mass is 10.1. The second-order valence-electron chi connectivity index (χ2n) is 12.9. The number of aromatic nitrogens is 4. The highest BCUT2D eigenvalue weighted by Gasteiger charge is 2.32. The Morgan fingerprint density at radius 1 is 0.957 bits per heavy atom. The fourth-order valence-electron chi connectivity index (χ4n) is 7.27. The number of pyridine rings is 2. The van der Waals surface area contributed by atoms with Gasteiger partial charge in [0.25, 0.3) is 5.56 Å². The molecule has 1 N–H and O–H groups in total. The van der Waals surface area contributed by atoms with Crippen molar-refractivity contribution in [1.29, 1.82) is 0 Å². The van der Waals surface area contributed by atoms with Crippen LogP contribution in [-0.2, 0) is 16.4 Å². The zero-order valence-corrected chi connectivity index (χ0v) is 27.6. The third kappa shape index (κ3) is 5.78. The van der Waals surface area contributed by atoms with E-state index >= 15 is 0 Å². The summed E-state index contributed by atoms with van der Waals surface area (Å²) >= 11 is 0. The van der Waals surface area contributed by atoms with Gasteiger partial charge in [-0.05, 0) is 108 Å². The minimum atomic E-state index is -3.51. The summed E-state index contributed by atoms with van der Waals surface area (Å²) in [5, 5.41) is 3.59. The molecule has 3 aliphatic rings. The molecule has 6 heterocycles. The number of anilines is 3. The van der Waals surface area contributed by atoms with Crippen LogP contribution in [0.5, 0.6) is 0 Å². The van der Waals surface area contributed by atoms with Gasteiger partial charge in [-0.15, -0.1) is 0 Å². The number of hydrogen-bond donors (Lipinski definition) is 1. The molecule has 0 aliphatic carbocycles. The average molecular weight is 643 g/mol. The molecular formula is C34H42N8O3S. The molecule has 11 nitrogen and oxygen atoms in total. The molecule has 46 heavy (non-hydrogen) atoms. The van der Waals surface area contributed by atoms with Crippen LogP contribution in [0.25, 0.3) is 22.3 Å². The molecule has 3 saturated heterocycles. The number of piperazine rings is 1. The van der Waals surface area contributed by atoms with Gasteiger partial charge in [-0.25, -0.2) is 13.4 Å². The molecule has 3 aromatic heterocycles. The number of nitrogens with zero attached hydrogens (tertiary/aromatic N) is 7. The van der Waals surface area contributed by atoms with Crippen molar-refractivity contribution >= 4 is 38.2 Å². The van der Waals surface area contributed by atoms with Gasteiger partial charge in [0, 0.05) is 61.4 Å². The molecular weight excluding hydrogens is 600 g/mol. The maximum Gasteiger partial charge on any atom is 0.261 e. The van der Waals surface area contributed by atoms with Gasteiger partial charge in [0.05, 0.1) is 21.4 Å². The Balaban J connectivity index is 1.12. The van der Waals surface area contributed by atoms with Crippen molar-refractivity contribution < 1.29 is 8.42 Å². The quantitative estimate of drug-likeness (QED) is 0.316. The first-order valence-corrected chi connectivity index (χ1v) is 17.9. The highest BCUT2D eigenvalue weighted by atomic mass is 32.2. The minimum Gasteiger partial charge on any atom is -0.369 e. The van der Waals surface area contributed by atoms with Crippen LogP contribution in [0.2, 0.25) is 0 Å². The van der Waals surface area contributed by atoms with Crippen molar-refractivity contribution in [3.8, 4) is 11.3 Å². The molecule has 3 fully saturated rings. The van der Waals surface area contributed by atoms with E-state index in [0.717, 1.165) is 38.4 Å². The largest absolute Gasteiger partial charge is 0.369 e. The van der Waals surface area contributed by atoms with Gasteiger partial charge in [0.15, 0.2) is 9.84 Å². The van der Waals surface area contributed by atoms with E-state index in [-0.39, 0.29) is 10.5 Å². The van der Waals surface area contributed by atoms with Crippen LogP contribution in [0.3, 0.4) is 0 Å². The summed E-state index contributed by atoms with van der Waals surface area (Å²) in [5.41, 5.74) is 3.90. The van der Waals surface area contributed by atoms with Crippen LogP contribution in [0.15, 0.2) is 58.5 Å². The Morgan fingerprint density at radius 2 is 1.74 bits per heavy atom. The van der Waals surface area contributed by atoms with E-state index < -0.39 is 15.1 Å². The highest BCUT2D eigenvalue weighted by Crippen LogP contribution is 2.29. The first-order chi connectivity index (χ1) is 22.2. The minimum absolute atomic E-state index is 0.211. The number of sulfone groups is 1. The molecule has 0 amide bonds. The first-order valence-electron chi connectivity index (χ1n) is 16.4. The van der Waals surface area contributed by atoms with Crippen molar-refractivity contribution in [2.24, 2.45) is 0 Å². The lowest BCUT2D eigenvalue weighted by Crippen LogP contribution is -2.50. The van der Waals surface area contributed by atoms with Gasteiger partial charge >= 0.3 is 0 Å². The Kier molecular flexibility index (Phi) is 8.28. The van der Waals surface area contributed by atoms with Crippen molar-refractivity contribution in [1.82, 2.24) is 29.3 Å². The molecule has 0 radical (unpaired) electrons. The van der Waals surface area contributed by atoms with E-state index in [1.54, 1.807) is 29.8 Å². The predicted molar refractivity (Wildman–Crippen MR) is 182 cm³/mol. The molecule has 0 bridgehead atoms. The molecule has 12 heteroatoms. The monoisotopic (exact) mass is 642 g/mol. The lowest BCUT2D eigenvalue weighted by Gasteiger charge is -2.38. The summed E-state index contributed by atoms with van der Waals surface area (Å²) < 4.78 is 28.4. The summed E-state index contributed by atoms with van der Waals surface area (Å²) in [6.07, 6.45) is 6.90. The fourth-order valence-corrected chi connectivity index (χ4v) is 9.02. The van der Waals surface area contributed by atoms with Crippen LogP contribution < -0.4 is 15.8 Å². The molecule has 3 aliphatic heterocycles. The van der Waals surface area contributed by atoms with Crippen LogP contribution in [0.4, 0.5) is 17.3 Å². The van der Waals surface area contributed by atoms with E-state index in [4.69, 9.17) is 4.98 Å². The third-order valence-electron chi connectivity index (χ3n) is 9.96. The summed E-state index contributed by atoms with van der Waals surface area (Å²) in [6.45, 7) is 10.1. The number of likely N-dealkylation sites (tertiary alicyclic amines) is 1. The first kappa shape index (κ1) is 30.8. The standard InChI is InChI=1S/C34H42N8O3S/c1-4-42-32-24(19-30(33(42)43)31-23(2)18-29(21-35-31)46(44,45)28-11-14-39(3)15-12-28)20-36-34(38-32)37-25-7-9-26(10-8-25)41-17-16-40-13-5-6-27(40)22-41/h7-10,18-21,27-28H,4-6,11-17,22H2,1-3H3,(H,36,37,38)/t27-/m1/s1. The molecule has 0 saturated carbocycles. The van der Waals surface area contributed by atoms with Gasteiger partial charge in [-0.3, -0.25) is 19.2 Å². The number of nitrogens with one attached hydrogen (secondary N) is 1. The third-order valence-corrected chi connectivity index (χ3v) is 12.2. The highest BCUT2D eigenvalue weighted by molar-refractivity contribution is 7.92. The van der Waals surface area contributed by atoms with E-state index in [9.17, 15) is 13.2 Å². The van der Waals surface area contributed by atoms with Crippen molar-refractivity contribution in [2.75, 3.05) is 56.5 Å². The Morgan fingerprint density at radius 3 is 2.48 bits per heavy atom. The van der Waals surface area contributed by atoms with Crippen molar-refractivity contribution in [2.45, 2.75) is 62.3 Å². The molecule has 1 aromatic carbocycles. The zero-order chi connectivity index (χ0) is 32.0. The summed E-state index contributed by atoms with van der Waals surface area (Å²) in [7, 11) is -1.50. The van der Waals surface area contributed by atoms with E-state index in [1.165, 1.54) is 31.3 Å². The maximum absolute atomic E-state index is 13.8. The smallest absolute Gasteiger partial charge is 0.261 e. The topological polar surface area (TPSA) is 117 Å². The van der Waals surface area contributed by atoms with Crippen LogP contribution in [0.1, 0.15) is 38.2 Å². The normalized spacial score (nSPS) is 19.9. The number of piperidine rings is 1. The number of fused-ring (bicyclic) bond motifs is 2. The summed E-state index contributed by atoms with van der Waals surface area (Å²) in [5.74, 6) is 0.409. The number of rotatable bonds is 7. The van der Waals surface area contributed by atoms with E-state index in [2.05, 4.69) is 42.1 Å². The van der Waals surface area contributed by atoms with E-state index in [0.29, 0.717) is 59.2 Å².